The van der Waals surface area contributed by atoms with E-state index in [1.807, 2.05) is 0 Å². The Morgan fingerprint density at radius 1 is 1.54 bits per heavy atom. The van der Waals surface area contributed by atoms with Crippen LogP contribution in [-0.2, 0) is 4.79 Å². The molecule has 1 aromatic rings. The predicted molar refractivity (Wildman–Crippen MR) is 53.3 cm³/mol. The fourth-order valence-corrected chi connectivity index (χ4v) is 1.62. The van der Waals surface area contributed by atoms with Crippen LogP contribution >= 0.6 is 27.5 Å². The van der Waals surface area contributed by atoms with E-state index in [-0.39, 0.29) is 12.5 Å². The Labute approximate surface area is 88.2 Å². The normalized spacial score (nSPS) is 14.5. The van der Waals surface area contributed by atoms with E-state index in [0.717, 1.165) is 4.47 Å². The molecule has 5 heteroatoms. The SMILES string of the molecule is O=C1COc2ccc(Br)c(Cl)c2N1. The number of amides is 1. The summed E-state index contributed by atoms with van der Waals surface area (Å²) >= 11 is 9.19. The van der Waals surface area contributed by atoms with Crippen LogP contribution < -0.4 is 10.1 Å². The van der Waals surface area contributed by atoms with E-state index in [2.05, 4.69) is 21.2 Å². The van der Waals surface area contributed by atoms with Crippen molar-refractivity contribution >= 4 is 39.1 Å². The Morgan fingerprint density at radius 3 is 3.08 bits per heavy atom. The van der Waals surface area contributed by atoms with Gasteiger partial charge in [-0.2, -0.15) is 0 Å². The van der Waals surface area contributed by atoms with Gasteiger partial charge in [-0.3, -0.25) is 4.79 Å². The molecule has 1 aliphatic heterocycles. The second kappa shape index (κ2) is 3.20. The minimum Gasteiger partial charge on any atom is -0.482 e. The maximum Gasteiger partial charge on any atom is 0.262 e. The Balaban J connectivity index is 2.54. The zero-order valence-corrected chi connectivity index (χ0v) is 8.78. The Hall–Kier alpha value is -0.740. The van der Waals surface area contributed by atoms with Crippen molar-refractivity contribution in [2.45, 2.75) is 0 Å². The van der Waals surface area contributed by atoms with E-state index in [0.29, 0.717) is 16.5 Å². The topological polar surface area (TPSA) is 38.3 Å². The van der Waals surface area contributed by atoms with Crippen LogP contribution in [0, 0.1) is 0 Å². The molecule has 1 N–H and O–H groups in total. The highest BCUT2D eigenvalue weighted by Crippen LogP contribution is 2.39. The summed E-state index contributed by atoms with van der Waals surface area (Å²) in [4.78, 5) is 11.0. The van der Waals surface area contributed by atoms with Gasteiger partial charge < -0.3 is 10.1 Å². The molecule has 0 fully saturated rings. The molecular weight excluding hydrogens is 257 g/mol. The number of carbonyl (C=O) groups excluding carboxylic acids is 1. The number of ether oxygens (including phenoxy) is 1. The number of benzene rings is 1. The monoisotopic (exact) mass is 261 g/mol. The summed E-state index contributed by atoms with van der Waals surface area (Å²) in [6.45, 7) is 0.0466. The van der Waals surface area contributed by atoms with Gasteiger partial charge in [-0.15, -0.1) is 0 Å². The fraction of sp³-hybridized carbons (Fsp3) is 0.125. The molecule has 2 rings (SSSR count). The lowest BCUT2D eigenvalue weighted by Crippen LogP contribution is -2.25. The average molecular weight is 262 g/mol. The van der Waals surface area contributed by atoms with Crippen molar-refractivity contribution in [3.05, 3.63) is 21.6 Å². The lowest BCUT2D eigenvalue weighted by molar-refractivity contribution is -0.118. The number of halogens is 2. The fourth-order valence-electron chi connectivity index (χ4n) is 1.09. The van der Waals surface area contributed by atoms with Gasteiger partial charge in [-0.25, -0.2) is 0 Å². The van der Waals surface area contributed by atoms with Gasteiger partial charge in [0.25, 0.3) is 5.91 Å². The van der Waals surface area contributed by atoms with Gasteiger partial charge in [-0.05, 0) is 28.1 Å². The summed E-state index contributed by atoms with van der Waals surface area (Å²) in [5.74, 6) is 0.417. The molecule has 0 atom stereocenters. The maximum atomic E-state index is 11.0. The third-order valence-electron chi connectivity index (χ3n) is 1.68. The molecule has 0 spiro atoms. The highest BCUT2D eigenvalue weighted by molar-refractivity contribution is 9.10. The minimum absolute atomic E-state index is 0.0466. The first-order chi connectivity index (χ1) is 6.18. The van der Waals surface area contributed by atoms with Crippen LogP contribution in [0.15, 0.2) is 16.6 Å². The van der Waals surface area contributed by atoms with Gasteiger partial charge in [-0.1, -0.05) is 11.6 Å². The van der Waals surface area contributed by atoms with Gasteiger partial charge in [0.05, 0.1) is 5.02 Å². The van der Waals surface area contributed by atoms with E-state index in [9.17, 15) is 4.79 Å². The van der Waals surface area contributed by atoms with Crippen molar-refractivity contribution in [3.63, 3.8) is 0 Å². The molecule has 3 nitrogen and oxygen atoms in total. The smallest absolute Gasteiger partial charge is 0.262 e. The summed E-state index contributed by atoms with van der Waals surface area (Å²) in [6.07, 6.45) is 0. The molecule has 1 amide bonds. The van der Waals surface area contributed by atoms with E-state index in [4.69, 9.17) is 16.3 Å². The zero-order chi connectivity index (χ0) is 9.42. The van der Waals surface area contributed by atoms with Gasteiger partial charge in [0.2, 0.25) is 0 Å². The molecular formula is C8H5BrClNO2. The Kier molecular flexibility index (Phi) is 2.17. The van der Waals surface area contributed by atoms with Crippen LogP contribution in [0.3, 0.4) is 0 Å². The van der Waals surface area contributed by atoms with E-state index in [1.165, 1.54) is 0 Å². The third-order valence-corrected chi connectivity index (χ3v) is 2.96. The Bertz CT molecular complexity index is 381. The van der Waals surface area contributed by atoms with Gasteiger partial charge >= 0.3 is 0 Å². The van der Waals surface area contributed by atoms with Crippen LogP contribution in [0.5, 0.6) is 5.75 Å². The first-order valence-corrected chi connectivity index (χ1v) is 4.76. The molecule has 1 aromatic carbocycles. The number of hydrogen-bond acceptors (Lipinski definition) is 2. The lowest BCUT2D eigenvalue weighted by Gasteiger charge is -2.19. The molecule has 13 heavy (non-hydrogen) atoms. The molecule has 0 unspecified atom stereocenters. The standard InChI is InChI=1S/C8H5BrClNO2/c9-4-1-2-5-8(7(4)10)11-6(12)3-13-5/h1-2H,3H2,(H,11,12). The van der Waals surface area contributed by atoms with Crippen LogP contribution in [0.2, 0.25) is 5.02 Å². The number of hydrogen-bond donors (Lipinski definition) is 1. The lowest BCUT2D eigenvalue weighted by atomic mass is 10.2. The van der Waals surface area contributed by atoms with Crippen molar-refractivity contribution in [2.75, 3.05) is 11.9 Å². The molecule has 0 radical (unpaired) electrons. The van der Waals surface area contributed by atoms with Crippen molar-refractivity contribution in [3.8, 4) is 5.75 Å². The number of fused-ring (bicyclic) bond motifs is 1. The number of carbonyl (C=O) groups is 1. The highest BCUT2D eigenvalue weighted by atomic mass is 79.9. The van der Waals surface area contributed by atoms with Crippen LogP contribution in [0.25, 0.3) is 0 Å². The first kappa shape index (κ1) is 8.84. The molecule has 0 saturated heterocycles. The summed E-state index contributed by atoms with van der Waals surface area (Å²) in [7, 11) is 0. The second-order valence-corrected chi connectivity index (χ2v) is 3.80. The van der Waals surface area contributed by atoms with E-state index in [1.54, 1.807) is 12.1 Å². The third kappa shape index (κ3) is 1.51. The Morgan fingerprint density at radius 2 is 2.31 bits per heavy atom. The molecule has 0 saturated carbocycles. The van der Waals surface area contributed by atoms with E-state index >= 15 is 0 Å². The summed E-state index contributed by atoms with van der Waals surface area (Å²) in [5.41, 5.74) is 0.535. The van der Waals surface area contributed by atoms with E-state index < -0.39 is 0 Å². The average Bonchev–Trinajstić information content (AvgIpc) is 2.12. The first-order valence-electron chi connectivity index (χ1n) is 3.59. The summed E-state index contributed by atoms with van der Waals surface area (Å²) < 4.78 is 5.89. The number of anilines is 1. The van der Waals surface area contributed by atoms with Crippen molar-refractivity contribution in [1.29, 1.82) is 0 Å². The maximum absolute atomic E-state index is 11.0. The van der Waals surface area contributed by atoms with Gasteiger partial charge in [0, 0.05) is 4.47 Å². The summed E-state index contributed by atoms with van der Waals surface area (Å²) in [5, 5.41) is 3.11. The van der Waals surface area contributed by atoms with Crippen molar-refractivity contribution in [2.24, 2.45) is 0 Å². The minimum atomic E-state index is -0.187. The predicted octanol–water partition coefficient (Wildman–Crippen LogP) is 2.43. The largest absolute Gasteiger partial charge is 0.482 e. The zero-order valence-electron chi connectivity index (χ0n) is 6.43. The van der Waals surface area contributed by atoms with Gasteiger partial charge in [0.1, 0.15) is 11.4 Å². The van der Waals surface area contributed by atoms with Gasteiger partial charge in [0.15, 0.2) is 6.61 Å². The second-order valence-electron chi connectivity index (χ2n) is 2.57. The molecule has 1 heterocycles. The van der Waals surface area contributed by atoms with Crippen LogP contribution in [-0.4, -0.2) is 12.5 Å². The molecule has 0 aliphatic carbocycles. The van der Waals surface area contributed by atoms with Crippen molar-refractivity contribution in [1.82, 2.24) is 0 Å². The van der Waals surface area contributed by atoms with Crippen LogP contribution in [0.4, 0.5) is 5.69 Å². The molecule has 0 aromatic heterocycles. The van der Waals surface area contributed by atoms with Crippen LogP contribution in [0.1, 0.15) is 0 Å². The summed E-state index contributed by atoms with van der Waals surface area (Å²) in [6, 6.07) is 3.53. The van der Waals surface area contributed by atoms with Crippen molar-refractivity contribution < 1.29 is 9.53 Å². The molecule has 1 aliphatic rings. The number of nitrogens with one attached hydrogen (secondary N) is 1. The number of rotatable bonds is 0. The molecule has 0 bridgehead atoms. The molecule has 68 valence electrons. The highest BCUT2D eigenvalue weighted by Gasteiger charge is 2.19. The quantitative estimate of drug-likeness (QED) is 0.780.